The molecule has 1 amide bonds. The van der Waals surface area contributed by atoms with Gasteiger partial charge in [0.15, 0.2) is 5.82 Å². The van der Waals surface area contributed by atoms with Gasteiger partial charge in [0.1, 0.15) is 11.3 Å². The molecule has 0 N–H and O–H groups in total. The quantitative estimate of drug-likeness (QED) is 0.225. The van der Waals surface area contributed by atoms with Crippen molar-refractivity contribution >= 4 is 62.9 Å². The molecule has 5 heterocycles. The number of likely N-dealkylation sites (N-methyl/N-ethyl adjacent to an activating group) is 1. The molecule has 2 aromatic carbocycles. The monoisotopic (exact) mass is 658 g/mol. The van der Waals surface area contributed by atoms with E-state index in [1.54, 1.807) is 23.4 Å². The van der Waals surface area contributed by atoms with Crippen LogP contribution in [0.5, 0.6) is 0 Å². The van der Waals surface area contributed by atoms with Gasteiger partial charge in [-0.15, -0.1) is 0 Å². The molecule has 0 aliphatic carbocycles. The topological polar surface area (TPSA) is 93.7 Å². The normalized spacial score (nSPS) is 19.6. The summed E-state index contributed by atoms with van der Waals surface area (Å²) in [6.07, 6.45) is 6.18. The highest BCUT2D eigenvalue weighted by molar-refractivity contribution is 6.36. The third kappa shape index (κ3) is 4.75. The smallest absolute Gasteiger partial charge is 0.246 e. The van der Waals surface area contributed by atoms with Gasteiger partial charge >= 0.3 is 0 Å². The highest BCUT2D eigenvalue weighted by atomic mass is 35.5. The van der Waals surface area contributed by atoms with Crippen LogP contribution in [0, 0.1) is 24.1 Å². The maximum Gasteiger partial charge on any atom is 0.246 e. The molecule has 7 rings (SSSR count). The predicted octanol–water partition coefficient (Wildman–Crippen LogP) is 6.32. The number of halogens is 3. The molecule has 2 fully saturated rings. The summed E-state index contributed by atoms with van der Waals surface area (Å²) in [6.45, 7) is 7.93. The molecule has 236 valence electrons. The molecule has 0 unspecified atom stereocenters. The van der Waals surface area contributed by atoms with Gasteiger partial charge in [0.25, 0.3) is 0 Å². The lowest BCUT2D eigenvalue weighted by molar-refractivity contribution is -0.130. The standard InChI is InChI=1S/C34H33Cl2FN8O/c1-5-28(46)44-9-7-21(11-20(44)6-8-38)45-33-23-12-27(36)30(29-18(2)26(35)10-19-13-39-14-24(19)29)31(37)32(23)41-34(25(33)15-40-45)43-16-22(17-43)42(3)4/h5,10,12,14-15,20-22H,1,6-7,9,11,13,16-17H2,2-4H3/t20-,21+/m1/s1. The van der Waals surface area contributed by atoms with Crippen LogP contribution in [0.3, 0.4) is 0 Å². The van der Waals surface area contributed by atoms with Gasteiger partial charge in [0.05, 0.1) is 47.2 Å². The number of carbonyl (C=O) groups is 1. The lowest BCUT2D eigenvalue weighted by atomic mass is 9.91. The van der Waals surface area contributed by atoms with Crippen LogP contribution in [0.25, 0.3) is 32.9 Å². The second kappa shape index (κ2) is 11.6. The van der Waals surface area contributed by atoms with E-state index in [4.69, 9.17) is 33.3 Å². The Morgan fingerprint density at radius 1 is 1.22 bits per heavy atom. The van der Waals surface area contributed by atoms with Crippen LogP contribution in [0.2, 0.25) is 10.0 Å². The number of nitriles is 1. The maximum atomic E-state index is 17.1. The molecule has 0 spiro atoms. The Balaban J connectivity index is 1.44. The molecule has 9 nitrogen and oxygen atoms in total. The molecule has 46 heavy (non-hydrogen) atoms. The summed E-state index contributed by atoms with van der Waals surface area (Å²) < 4.78 is 19.1. The second-order valence-electron chi connectivity index (χ2n) is 12.6. The van der Waals surface area contributed by atoms with E-state index in [9.17, 15) is 10.1 Å². The lowest BCUT2D eigenvalue weighted by Crippen LogP contribution is -2.57. The van der Waals surface area contributed by atoms with Crippen molar-refractivity contribution in [3.8, 4) is 17.2 Å². The highest BCUT2D eigenvalue weighted by Gasteiger charge is 2.36. The molecule has 0 saturated carbocycles. The summed E-state index contributed by atoms with van der Waals surface area (Å²) in [7, 11) is 4.10. The average Bonchev–Trinajstić information content (AvgIpc) is 3.66. The molecule has 4 aromatic rings. The summed E-state index contributed by atoms with van der Waals surface area (Å²) in [5.74, 6) is -0.0467. The number of carbonyl (C=O) groups excluding carboxylic acids is 1. The number of piperidine rings is 1. The summed E-state index contributed by atoms with van der Waals surface area (Å²) in [6, 6.07) is 5.82. The number of amides is 1. The van der Waals surface area contributed by atoms with Gasteiger partial charge in [0, 0.05) is 59.5 Å². The summed E-state index contributed by atoms with van der Waals surface area (Å²) in [5.41, 5.74) is 4.28. The zero-order chi connectivity index (χ0) is 32.4. The number of rotatable bonds is 6. The Bertz CT molecular complexity index is 2010. The number of benzene rings is 2. The predicted molar refractivity (Wildman–Crippen MR) is 180 cm³/mol. The van der Waals surface area contributed by atoms with Gasteiger partial charge in [-0.25, -0.2) is 9.37 Å². The molecule has 12 heteroatoms. The number of aromatic nitrogens is 3. The Hall–Kier alpha value is -4.04. The van der Waals surface area contributed by atoms with Crippen LogP contribution in [0.15, 0.2) is 36.0 Å². The van der Waals surface area contributed by atoms with Gasteiger partial charge in [0.2, 0.25) is 5.91 Å². The minimum Gasteiger partial charge on any atom is -0.353 e. The third-order valence-corrected chi connectivity index (χ3v) is 10.5. The molecule has 0 radical (unpaired) electrons. The number of likely N-dealkylation sites (tertiary alicyclic amines) is 1. The number of nitrogens with zero attached hydrogens (tertiary/aromatic N) is 8. The fourth-order valence-corrected chi connectivity index (χ4v) is 7.69. The minimum atomic E-state index is -0.523. The van der Waals surface area contributed by atoms with Gasteiger partial charge < -0.3 is 14.7 Å². The molecule has 2 saturated heterocycles. The van der Waals surface area contributed by atoms with E-state index in [1.165, 1.54) is 6.08 Å². The average molecular weight is 660 g/mol. The van der Waals surface area contributed by atoms with E-state index in [2.05, 4.69) is 27.4 Å². The first kappa shape index (κ1) is 30.6. The van der Waals surface area contributed by atoms with Crippen LogP contribution in [0.1, 0.15) is 42.0 Å². The molecule has 3 aliphatic rings. The Kier molecular flexibility index (Phi) is 7.74. The number of anilines is 1. The van der Waals surface area contributed by atoms with Crippen LogP contribution in [-0.2, 0) is 11.3 Å². The Morgan fingerprint density at radius 2 is 2.00 bits per heavy atom. The third-order valence-electron chi connectivity index (χ3n) is 9.79. The van der Waals surface area contributed by atoms with Crippen molar-refractivity contribution in [2.45, 2.75) is 50.9 Å². The van der Waals surface area contributed by atoms with E-state index in [1.807, 2.05) is 31.8 Å². The van der Waals surface area contributed by atoms with Crippen LogP contribution < -0.4 is 4.90 Å². The highest BCUT2D eigenvalue weighted by Crippen LogP contribution is 2.45. The first-order valence-electron chi connectivity index (χ1n) is 15.3. The summed E-state index contributed by atoms with van der Waals surface area (Å²) in [5, 5.41) is 16.5. The van der Waals surface area contributed by atoms with Gasteiger partial charge in [-0.3, -0.25) is 14.5 Å². The van der Waals surface area contributed by atoms with Gasteiger partial charge in [-0.2, -0.15) is 10.4 Å². The lowest BCUT2D eigenvalue weighted by Gasteiger charge is -2.43. The van der Waals surface area contributed by atoms with Crippen molar-refractivity contribution in [3.05, 3.63) is 63.5 Å². The number of hydrogen-bond acceptors (Lipinski definition) is 7. The van der Waals surface area contributed by atoms with Crippen molar-refractivity contribution in [1.82, 2.24) is 24.6 Å². The Labute approximate surface area is 276 Å². The van der Waals surface area contributed by atoms with Crippen LogP contribution in [0.4, 0.5) is 10.2 Å². The molecule has 3 aliphatic heterocycles. The fraction of sp³-hybridized carbons (Fsp3) is 0.382. The van der Waals surface area contributed by atoms with E-state index >= 15 is 4.39 Å². The Morgan fingerprint density at radius 3 is 2.72 bits per heavy atom. The second-order valence-corrected chi connectivity index (χ2v) is 13.4. The number of hydrogen-bond donors (Lipinski definition) is 0. The minimum absolute atomic E-state index is 0.134. The van der Waals surface area contributed by atoms with Crippen molar-refractivity contribution in [2.24, 2.45) is 4.99 Å². The SMILES string of the molecule is C=CC(=O)N1CC[C@H](n2ncc3c(N4CC(N(C)C)C4)nc4c(F)c(-c5c(C)c(Cl)cc6c5C=NC6)c(Cl)cc4c32)C[C@H]1CC#N. The van der Waals surface area contributed by atoms with Crippen molar-refractivity contribution in [3.63, 3.8) is 0 Å². The maximum absolute atomic E-state index is 17.1. The van der Waals surface area contributed by atoms with E-state index in [0.29, 0.717) is 53.8 Å². The fourth-order valence-electron chi connectivity index (χ4n) is 7.18. The largest absolute Gasteiger partial charge is 0.353 e. The van der Waals surface area contributed by atoms with Crippen molar-refractivity contribution < 1.29 is 9.18 Å². The molecule has 0 bridgehead atoms. The molecular formula is C34H33Cl2FN8O. The number of pyridine rings is 1. The van der Waals surface area contributed by atoms with Crippen LogP contribution >= 0.6 is 23.2 Å². The van der Waals surface area contributed by atoms with E-state index in [0.717, 1.165) is 40.7 Å². The van der Waals surface area contributed by atoms with E-state index in [-0.39, 0.29) is 40.5 Å². The first-order valence-corrected chi connectivity index (χ1v) is 16.1. The number of aliphatic imine (C=N–C) groups is 1. The van der Waals surface area contributed by atoms with Crippen LogP contribution in [-0.4, -0.2) is 82.5 Å². The zero-order valence-electron chi connectivity index (χ0n) is 25.9. The van der Waals surface area contributed by atoms with Crippen molar-refractivity contribution in [1.29, 1.82) is 5.26 Å². The summed E-state index contributed by atoms with van der Waals surface area (Å²) in [4.78, 5) is 28.0. The summed E-state index contributed by atoms with van der Waals surface area (Å²) >= 11 is 13.7. The first-order chi connectivity index (χ1) is 22.1. The zero-order valence-corrected chi connectivity index (χ0v) is 27.4. The molecule has 2 aromatic heterocycles. The molecule has 2 atom stereocenters. The van der Waals surface area contributed by atoms with Crippen molar-refractivity contribution in [2.75, 3.05) is 38.6 Å². The number of fused-ring (bicyclic) bond motifs is 4. The van der Waals surface area contributed by atoms with Gasteiger partial charge in [-0.05, 0) is 68.8 Å². The van der Waals surface area contributed by atoms with E-state index < -0.39 is 5.82 Å². The molecular weight excluding hydrogens is 626 g/mol. The van der Waals surface area contributed by atoms with Gasteiger partial charge in [-0.1, -0.05) is 29.8 Å².